The normalized spacial score (nSPS) is 10.6. The van der Waals surface area contributed by atoms with Crippen molar-refractivity contribution in [2.45, 2.75) is 58.3 Å². The highest BCUT2D eigenvalue weighted by molar-refractivity contribution is 5.86. The van der Waals surface area contributed by atoms with Crippen LogP contribution in [0.2, 0.25) is 0 Å². The second kappa shape index (κ2) is 8.51. The van der Waals surface area contributed by atoms with Gasteiger partial charge in [-0.1, -0.05) is 45.6 Å². The van der Waals surface area contributed by atoms with Gasteiger partial charge in [-0.3, -0.25) is 0 Å². The van der Waals surface area contributed by atoms with E-state index in [1.807, 2.05) is 0 Å². The first-order valence-electron chi connectivity index (χ1n) is 6.98. The predicted octanol–water partition coefficient (Wildman–Crippen LogP) is 3.76. The molecule has 0 radical (unpaired) electrons. The zero-order valence-electron chi connectivity index (χ0n) is 11.7. The van der Waals surface area contributed by atoms with Gasteiger partial charge >= 0.3 is 5.97 Å². The molecule has 0 aliphatic carbocycles. The average molecular weight is 265 g/mol. The van der Waals surface area contributed by atoms with Crippen molar-refractivity contribution in [2.75, 3.05) is 0 Å². The maximum atomic E-state index is 10.6. The maximum absolute atomic E-state index is 10.6. The zero-order valence-corrected chi connectivity index (χ0v) is 11.7. The summed E-state index contributed by atoms with van der Waals surface area (Å²) < 4.78 is 5.50. The number of carboxylic acids is 1. The molecule has 1 aromatic heterocycles. The van der Waals surface area contributed by atoms with Gasteiger partial charge in [0.25, 0.3) is 0 Å². The molecule has 0 spiro atoms. The number of hydrogen-bond acceptors (Lipinski definition) is 3. The minimum atomic E-state index is -1.00. The molecule has 19 heavy (non-hydrogen) atoms. The van der Waals surface area contributed by atoms with Crippen LogP contribution in [0.15, 0.2) is 22.8 Å². The van der Waals surface area contributed by atoms with E-state index in [4.69, 9.17) is 9.52 Å². The fraction of sp³-hybridized carbons (Fsp3) is 0.600. The van der Waals surface area contributed by atoms with E-state index in [-0.39, 0.29) is 12.0 Å². The number of hydrogen-bond donors (Lipinski definition) is 1. The summed E-state index contributed by atoms with van der Waals surface area (Å²) in [5.41, 5.74) is 0.105. The van der Waals surface area contributed by atoms with Gasteiger partial charge in [-0.15, -0.1) is 0 Å². The second-order valence-electron chi connectivity index (χ2n) is 4.82. The number of aliphatic carboxylic acids is 1. The summed E-state index contributed by atoms with van der Waals surface area (Å²) in [5.74, 6) is 0.271. The number of rotatable bonds is 10. The largest absolute Gasteiger partial charge is 0.478 e. The summed E-state index contributed by atoms with van der Waals surface area (Å²) in [6.45, 7) is 5.67. The van der Waals surface area contributed by atoms with Crippen LogP contribution in [-0.2, 0) is 17.6 Å². The van der Waals surface area contributed by atoms with Crippen molar-refractivity contribution >= 4 is 5.97 Å². The van der Waals surface area contributed by atoms with Crippen molar-refractivity contribution in [1.29, 1.82) is 0 Å². The van der Waals surface area contributed by atoms with Crippen molar-refractivity contribution in [3.05, 3.63) is 30.0 Å². The van der Waals surface area contributed by atoms with E-state index in [0.29, 0.717) is 5.89 Å². The van der Waals surface area contributed by atoms with Gasteiger partial charge in [-0.25, -0.2) is 9.78 Å². The Kier molecular flexibility index (Phi) is 6.93. The number of aromatic nitrogens is 1. The summed E-state index contributed by atoms with van der Waals surface area (Å²) in [5, 5.41) is 8.73. The maximum Gasteiger partial charge on any atom is 0.331 e. The van der Waals surface area contributed by atoms with Crippen molar-refractivity contribution in [3.8, 4) is 0 Å². The average Bonchev–Trinajstić information content (AvgIpc) is 2.81. The summed E-state index contributed by atoms with van der Waals surface area (Å²) in [7, 11) is 0. The zero-order chi connectivity index (χ0) is 14.1. The molecule has 1 aromatic rings. The fourth-order valence-corrected chi connectivity index (χ4v) is 1.88. The summed E-state index contributed by atoms with van der Waals surface area (Å²) in [4.78, 5) is 14.7. The Bertz CT molecular complexity index is 409. The van der Waals surface area contributed by atoms with Crippen LogP contribution in [0.1, 0.15) is 57.1 Å². The van der Waals surface area contributed by atoms with Gasteiger partial charge in [0.15, 0.2) is 5.89 Å². The van der Waals surface area contributed by atoms with Gasteiger partial charge in [-0.05, 0) is 6.42 Å². The Hall–Kier alpha value is -1.58. The van der Waals surface area contributed by atoms with Gasteiger partial charge < -0.3 is 9.52 Å². The second-order valence-corrected chi connectivity index (χ2v) is 4.82. The first-order chi connectivity index (χ1) is 9.13. The molecule has 0 aromatic carbocycles. The molecule has 4 heteroatoms. The smallest absolute Gasteiger partial charge is 0.331 e. The lowest BCUT2D eigenvalue weighted by Gasteiger charge is -1.99. The van der Waals surface area contributed by atoms with Crippen molar-refractivity contribution in [2.24, 2.45) is 0 Å². The minimum absolute atomic E-state index is 0.105. The molecule has 0 amide bonds. The van der Waals surface area contributed by atoms with Crippen LogP contribution in [-0.4, -0.2) is 16.1 Å². The number of aryl methyl sites for hydroxylation is 1. The number of nitrogens with zero attached hydrogens (tertiary/aromatic N) is 1. The minimum Gasteiger partial charge on any atom is -0.478 e. The van der Waals surface area contributed by atoms with E-state index in [1.165, 1.54) is 32.1 Å². The van der Waals surface area contributed by atoms with E-state index in [1.54, 1.807) is 6.20 Å². The molecular formula is C15H23NO3. The molecule has 0 fully saturated rings. The number of unbranched alkanes of at least 4 members (excludes halogenated alkanes) is 5. The standard InChI is InChI=1S/C15H23NO3/c1-3-4-5-6-7-8-9-13-11-16-14(19-13)10-12(2)15(17)18/h11H,2-10H2,1H3,(H,17,18). The molecule has 0 bridgehead atoms. The SMILES string of the molecule is C=C(Cc1ncc(CCCCCCCC)o1)C(=O)O. The molecule has 0 aliphatic heterocycles. The Balaban J connectivity index is 2.23. The molecule has 1 rings (SSSR count). The summed E-state index contributed by atoms with van der Waals surface area (Å²) in [6, 6.07) is 0. The molecule has 0 saturated heterocycles. The highest BCUT2D eigenvalue weighted by Crippen LogP contribution is 2.13. The van der Waals surface area contributed by atoms with Crippen LogP contribution in [0.3, 0.4) is 0 Å². The van der Waals surface area contributed by atoms with Gasteiger partial charge in [-0.2, -0.15) is 0 Å². The molecule has 106 valence electrons. The van der Waals surface area contributed by atoms with Crippen LogP contribution < -0.4 is 0 Å². The quantitative estimate of drug-likeness (QED) is 0.517. The topological polar surface area (TPSA) is 63.3 Å². The Morgan fingerprint density at radius 1 is 1.32 bits per heavy atom. The van der Waals surface area contributed by atoms with Gasteiger partial charge in [0.1, 0.15) is 5.76 Å². The molecule has 0 unspecified atom stereocenters. The van der Waals surface area contributed by atoms with E-state index in [0.717, 1.165) is 18.6 Å². The van der Waals surface area contributed by atoms with Gasteiger partial charge in [0.2, 0.25) is 0 Å². The van der Waals surface area contributed by atoms with E-state index < -0.39 is 5.97 Å². The van der Waals surface area contributed by atoms with E-state index in [9.17, 15) is 4.79 Å². The number of carbonyl (C=O) groups is 1. The fourth-order valence-electron chi connectivity index (χ4n) is 1.88. The molecule has 0 saturated carbocycles. The number of oxazole rings is 1. The Labute approximate surface area is 114 Å². The molecule has 0 aliphatic rings. The molecule has 1 N–H and O–H groups in total. The first kappa shape index (κ1) is 15.5. The lowest BCUT2D eigenvalue weighted by Crippen LogP contribution is -2.02. The van der Waals surface area contributed by atoms with E-state index in [2.05, 4.69) is 18.5 Å². The third kappa shape index (κ3) is 6.22. The Morgan fingerprint density at radius 3 is 2.68 bits per heavy atom. The molecule has 4 nitrogen and oxygen atoms in total. The van der Waals surface area contributed by atoms with Crippen LogP contribution in [0.25, 0.3) is 0 Å². The van der Waals surface area contributed by atoms with Gasteiger partial charge in [0, 0.05) is 12.0 Å². The third-order valence-corrected chi connectivity index (χ3v) is 3.05. The Morgan fingerprint density at radius 2 is 2.00 bits per heavy atom. The lowest BCUT2D eigenvalue weighted by molar-refractivity contribution is -0.132. The van der Waals surface area contributed by atoms with Crippen LogP contribution in [0.5, 0.6) is 0 Å². The monoisotopic (exact) mass is 265 g/mol. The highest BCUT2D eigenvalue weighted by atomic mass is 16.4. The van der Waals surface area contributed by atoms with Crippen molar-refractivity contribution < 1.29 is 14.3 Å². The van der Waals surface area contributed by atoms with Crippen LogP contribution in [0.4, 0.5) is 0 Å². The highest BCUT2D eigenvalue weighted by Gasteiger charge is 2.10. The molecular weight excluding hydrogens is 242 g/mol. The van der Waals surface area contributed by atoms with E-state index >= 15 is 0 Å². The van der Waals surface area contributed by atoms with Crippen molar-refractivity contribution in [1.82, 2.24) is 4.98 Å². The molecule has 1 heterocycles. The van der Waals surface area contributed by atoms with Crippen LogP contribution in [0, 0.1) is 0 Å². The van der Waals surface area contributed by atoms with Crippen LogP contribution >= 0.6 is 0 Å². The summed E-state index contributed by atoms with van der Waals surface area (Å²) >= 11 is 0. The summed E-state index contributed by atoms with van der Waals surface area (Å²) in [6.07, 6.45) is 10.2. The number of carboxylic acid groups (broad SMARTS) is 1. The first-order valence-corrected chi connectivity index (χ1v) is 6.98. The lowest BCUT2D eigenvalue weighted by atomic mass is 10.1. The van der Waals surface area contributed by atoms with Crippen molar-refractivity contribution in [3.63, 3.8) is 0 Å². The van der Waals surface area contributed by atoms with Gasteiger partial charge in [0.05, 0.1) is 12.6 Å². The predicted molar refractivity (Wildman–Crippen MR) is 74.1 cm³/mol. The molecule has 0 atom stereocenters. The third-order valence-electron chi connectivity index (χ3n) is 3.05.